The van der Waals surface area contributed by atoms with Gasteiger partial charge in [-0.1, -0.05) is 6.07 Å². The molecular weight excluding hydrogens is 328 g/mol. The third-order valence-electron chi connectivity index (χ3n) is 4.26. The van der Waals surface area contributed by atoms with E-state index in [1.165, 1.54) is 0 Å². The van der Waals surface area contributed by atoms with Crippen LogP contribution >= 0.6 is 0 Å². The lowest BCUT2D eigenvalue weighted by Gasteiger charge is -2.24. The number of halogens is 2. The van der Waals surface area contributed by atoms with Crippen LogP contribution in [0.5, 0.6) is 0 Å². The normalized spacial score (nSPS) is 20.6. The molecule has 5 nitrogen and oxygen atoms in total. The Morgan fingerprint density at radius 2 is 2.20 bits per heavy atom. The monoisotopic (exact) mass is 347 g/mol. The van der Waals surface area contributed by atoms with Gasteiger partial charge in [-0.05, 0) is 36.2 Å². The van der Waals surface area contributed by atoms with Crippen LogP contribution in [0.15, 0.2) is 42.7 Å². The van der Waals surface area contributed by atoms with Gasteiger partial charge in [-0.2, -0.15) is 0 Å². The molecule has 1 saturated heterocycles. The number of hydrogen-bond acceptors (Lipinski definition) is 4. The zero-order chi connectivity index (χ0) is 17.8. The first kappa shape index (κ1) is 17.4. The zero-order valence-electron chi connectivity index (χ0n) is 13.5. The van der Waals surface area contributed by atoms with Gasteiger partial charge in [0.2, 0.25) is 5.91 Å². The summed E-state index contributed by atoms with van der Waals surface area (Å²) in [7, 11) is 0. The topological polar surface area (TPSA) is 65.5 Å². The van der Waals surface area contributed by atoms with E-state index in [-0.39, 0.29) is 31.0 Å². The van der Waals surface area contributed by atoms with E-state index in [0.717, 1.165) is 23.8 Å². The Balaban J connectivity index is 1.65. The summed E-state index contributed by atoms with van der Waals surface area (Å²) in [5.74, 6) is -1.33. The molecule has 1 aliphatic heterocycles. The van der Waals surface area contributed by atoms with E-state index in [9.17, 15) is 18.7 Å². The highest BCUT2D eigenvalue weighted by molar-refractivity contribution is 5.78. The molecule has 3 rings (SSSR count). The van der Waals surface area contributed by atoms with Crippen LogP contribution in [0.25, 0.3) is 0 Å². The van der Waals surface area contributed by atoms with Crippen molar-refractivity contribution in [2.24, 2.45) is 0 Å². The number of hydrogen-bond donors (Lipinski definition) is 2. The number of aromatic nitrogens is 1. The fourth-order valence-electron chi connectivity index (χ4n) is 3.09. The molecule has 0 bridgehead atoms. The van der Waals surface area contributed by atoms with Crippen molar-refractivity contribution in [3.05, 3.63) is 65.5 Å². The maximum atomic E-state index is 14.0. The minimum atomic E-state index is -0.682. The van der Waals surface area contributed by atoms with Gasteiger partial charge < -0.3 is 10.4 Å². The first-order valence-electron chi connectivity index (χ1n) is 8.05. The number of aliphatic hydroxyl groups excluding tert-OH is 1. The van der Waals surface area contributed by atoms with Crippen molar-refractivity contribution in [3.8, 4) is 0 Å². The summed E-state index contributed by atoms with van der Waals surface area (Å²) in [4.78, 5) is 17.8. The summed E-state index contributed by atoms with van der Waals surface area (Å²) in [6, 6.07) is 6.33. The number of carbonyl (C=O) groups excluding carboxylic acids is 1. The SMILES string of the molecule is O=C(CN1CC(O)CC1c1cc(F)ccc1F)NCc1cccnc1. The lowest BCUT2D eigenvalue weighted by atomic mass is 10.0. The molecule has 0 radical (unpaired) electrons. The highest BCUT2D eigenvalue weighted by atomic mass is 19.1. The average Bonchev–Trinajstić information content (AvgIpc) is 2.96. The van der Waals surface area contributed by atoms with E-state index in [1.54, 1.807) is 23.4 Å². The van der Waals surface area contributed by atoms with Crippen LogP contribution in [0.2, 0.25) is 0 Å². The van der Waals surface area contributed by atoms with Crippen molar-refractivity contribution in [1.82, 2.24) is 15.2 Å². The molecule has 2 atom stereocenters. The fourth-order valence-corrected chi connectivity index (χ4v) is 3.09. The molecule has 2 N–H and O–H groups in total. The zero-order valence-corrected chi connectivity index (χ0v) is 13.5. The third kappa shape index (κ3) is 4.37. The molecule has 7 heteroatoms. The fraction of sp³-hybridized carbons (Fsp3) is 0.333. The van der Waals surface area contributed by atoms with E-state index in [4.69, 9.17) is 0 Å². The van der Waals surface area contributed by atoms with Gasteiger partial charge in [0.05, 0.1) is 12.6 Å². The Hall–Kier alpha value is -2.38. The molecular formula is C18H19F2N3O2. The van der Waals surface area contributed by atoms with Crippen LogP contribution in [0.4, 0.5) is 8.78 Å². The molecule has 1 aliphatic rings. The number of aliphatic hydroxyl groups is 1. The number of nitrogens with zero attached hydrogens (tertiary/aromatic N) is 2. The summed E-state index contributed by atoms with van der Waals surface area (Å²) in [6.07, 6.45) is 2.88. The van der Waals surface area contributed by atoms with Gasteiger partial charge in [-0.15, -0.1) is 0 Å². The summed E-state index contributed by atoms with van der Waals surface area (Å²) in [5, 5.41) is 12.7. The van der Waals surface area contributed by atoms with Crippen molar-refractivity contribution < 1.29 is 18.7 Å². The molecule has 132 valence electrons. The Kier molecular flexibility index (Phi) is 5.35. The number of pyridine rings is 1. The van der Waals surface area contributed by atoms with Crippen molar-refractivity contribution in [3.63, 3.8) is 0 Å². The summed E-state index contributed by atoms with van der Waals surface area (Å²) in [6.45, 7) is 0.570. The third-order valence-corrected chi connectivity index (χ3v) is 4.26. The summed E-state index contributed by atoms with van der Waals surface area (Å²) >= 11 is 0. The Morgan fingerprint density at radius 1 is 1.36 bits per heavy atom. The predicted octanol–water partition coefficient (Wildman–Crippen LogP) is 1.78. The van der Waals surface area contributed by atoms with Gasteiger partial charge in [0, 0.05) is 37.1 Å². The first-order valence-corrected chi connectivity index (χ1v) is 8.05. The van der Waals surface area contributed by atoms with Gasteiger partial charge in [0.1, 0.15) is 11.6 Å². The maximum absolute atomic E-state index is 14.0. The van der Waals surface area contributed by atoms with E-state index in [2.05, 4.69) is 10.3 Å². The molecule has 0 spiro atoms. The largest absolute Gasteiger partial charge is 0.392 e. The number of β-amino-alcohol motifs (C(OH)–C–C–N with tert-alkyl or cyclic N) is 1. The molecule has 2 heterocycles. The minimum absolute atomic E-state index is 0.00204. The lowest BCUT2D eigenvalue weighted by Crippen LogP contribution is -2.37. The van der Waals surface area contributed by atoms with Gasteiger partial charge in [0.25, 0.3) is 0 Å². The second kappa shape index (κ2) is 7.67. The number of carbonyl (C=O) groups is 1. The standard InChI is InChI=1S/C18H19F2N3O2/c19-13-3-4-16(20)15(6-13)17-7-14(24)10-23(17)11-18(25)22-9-12-2-1-5-21-8-12/h1-6,8,14,17,24H,7,9-11H2,(H,22,25). The van der Waals surface area contributed by atoms with Crippen molar-refractivity contribution in [2.75, 3.05) is 13.1 Å². The number of benzene rings is 1. The van der Waals surface area contributed by atoms with Crippen LogP contribution in [-0.2, 0) is 11.3 Å². The second-order valence-corrected chi connectivity index (χ2v) is 6.14. The number of amides is 1. The average molecular weight is 347 g/mol. The van der Waals surface area contributed by atoms with Crippen LogP contribution in [0.3, 0.4) is 0 Å². The highest BCUT2D eigenvalue weighted by Crippen LogP contribution is 2.33. The summed E-state index contributed by atoms with van der Waals surface area (Å²) in [5.41, 5.74) is 1.03. The minimum Gasteiger partial charge on any atom is -0.392 e. The molecule has 2 unspecified atom stereocenters. The molecule has 0 saturated carbocycles. The van der Waals surface area contributed by atoms with Crippen LogP contribution in [0, 0.1) is 11.6 Å². The summed E-state index contributed by atoms with van der Waals surface area (Å²) < 4.78 is 27.5. The smallest absolute Gasteiger partial charge is 0.234 e. The van der Waals surface area contributed by atoms with E-state index in [1.807, 2.05) is 6.07 Å². The van der Waals surface area contributed by atoms with Crippen molar-refractivity contribution >= 4 is 5.91 Å². The maximum Gasteiger partial charge on any atom is 0.234 e. The van der Waals surface area contributed by atoms with Crippen LogP contribution in [0.1, 0.15) is 23.6 Å². The number of likely N-dealkylation sites (tertiary alicyclic amines) is 1. The molecule has 1 fully saturated rings. The predicted molar refractivity (Wildman–Crippen MR) is 87.4 cm³/mol. The highest BCUT2D eigenvalue weighted by Gasteiger charge is 2.34. The second-order valence-electron chi connectivity index (χ2n) is 6.14. The van der Waals surface area contributed by atoms with Crippen molar-refractivity contribution in [1.29, 1.82) is 0 Å². The molecule has 1 aromatic heterocycles. The number of rotatable bonds is 5. The molecule has 1 aromatic carbocycles. The van der Waals surface area contributed by atoms with Gasteiger partial charge in [-0.25, -0.2) is 8.78 Å². The lowest BCUT2D eigenvalue weighted by molar-refractivity contribution is -0.122. The van der Waals surface area contributed by atoms with Crippen molar-refractivity contribution in [2.45, 2.75) is 25.1 Å². The van der Waals surface area contributed by atoms with E-state index in [0.29, 0.717) is 6.54 Å². The Morgan fingerprint density at radius 3 is 2.96 bits per heavy atom. The number of nitrogens with one attached hydrogen (secondary N) is 1. The quantitative estimate of drug-likeness (QED) is 0.865. The van der Waals surface area contributed by atoms with Gasteiger partial charge in [0.15, 0.2) is 0 Å². The Labute approximate surface area is 144 Å². The Bertz CT molecular complexity index is 742. The van der Waals surface area contributed by atoms with Gasteiger partial charge in [-0.3, -0.25) is 14.7 Å². The molecule has 2 aromatic rings. The molecule has 0 aliphatic carbocycles. The molecule has 1 amide bonds. The molecule has 25 heavy (non-hydrogen) atoms. The van der Waals surface area contributed by atoms with E-state index >= 15 is 0 Å². The van der Waals surface area contributed by atoms with Gasteiger partial charge >= 0.3 is 0 Å². The van der Waals surface area contributed by atoms with E-state index < -0.39 is 23.8 Å². The van der Waals surface area contributed by atoms with Crippen LogP contribution in [-0.4, -0.2) is 40.1 Å². The van der Waals surface area contributed by atoms with Crippen LogP contribution < -0.4 is 5.32 Å². The first-order chi connectivity index (χ1) is 12.0.